The molecule has 6 heteroatoms. The van der Waals surface area contributed by atoms with Gasteiger partial charge in [-0.25, -0.2) is 9.97 Å². The number of imidazole rings is 1. The third kappa shape index (κ3) is 2.07. The molecule has 0 amide bonds. The van der Waals surface area contributed by atoms with Gasteiger partial charge in [0.15, 0.2) is 5.65 Å². The van der Waals surface area contributed by atoms with Gasteiger partial charge in [0.1, 0.15) is 11.6 Å². The van der Waals surface area contributed by atoms with Crippen LogP contribution in [0.25, 0.3) is 22.6 Å². The maximum atomic E-state index is 10.1. The summed E-state index contributed by atoms with van der Waals surface area (Å²) in [5.41, 5.74) is 2.21. The SMILES string of the molecule is Oc1c(I)cc(I)cc1-c1nc2ncccc2[nH]1. The van der Waals surface area contributed by atoms with Crippen LogP contribution in [-0.4, -0.2) is 20.1 Å². The third-order valence-electron chi connectivity index (χ3n) is 2.54. The van der Waals surface area contributed by atoms with Gasteiger partial charge in [-0.2, -0.15) is 0 Å². The molecule has 0 bridgehead atoms. The number of fused-ring (bicyclic) bond motifs is 1. The van der Waals surface area contributed by atoms with E-state index in [-0.39, 0.29) is 5.75 Å². The molecule has 4 nitrogen and oxygen atoms in total. The molecule has 0 atom stereocenters. The third-order valence-corrected chi connectivity index (χ3v) is 3.99. The zero-order chi connectivity index (χ0) is 12.7. The van der Waals surface area contributed by atoms with Gasteiger partial charge in [-0.15, -0.1) is 0 Å². The summed E-state index contributed by atoms with van der Waals surface area (Å²) in [6.45, 7) is 0. The van der Waals surface area contributed by atoms with E-state index in [1.165, 1.54) is 0 Å². The molecule has 0 fully saturated rings. The molecule has 0 unspecified atom stereocenters. The van der Waals surface area contributed by atoms with Gasteiger partial charge in [0.05, 0.1) is 14.7 Å². The Balaban J connectivity index is 2.26. The Morgan fingerprint density at radius 2 is 2.06 bits per heavy atom. The van der Waals surface area contributed by atoms with Gasteiger partial charge in [0.25, 0.3) is 0 Å². The highest BCUT2D eigenvalue weighted by Crippen LogP contribution is 2.33. The number of hydrogen-bond acceptors (Lipinski definition) is 3. The lowest BCUT2D eigenvalue weighted by Crippen LogP contribution is -1.86. The van der Waals surface area contributed by atoms with E-state index < -0.39 is 0 Å². The highest BCUT2D eigenvalue weighted by atomic mass is 127. The minimum absolute atomic E-state index is 0.245. The molecular formula is C12H7I2N3O. The molecule has 2 N–H and O–H groups in total. The summed E-state index contributed by atoms with van der Waals surface area (Å²) in [7, 11) is 0. The number of rotatable bonds is 1. The number of nitrogens with one attached hydrogen (secondary N) is 1. The Hall–Kier alpha value is -0.900. The van der Waals surface area contributed by atoms with Gasteiger partial charge >= 0.3 is 0 Å². The summed E-state index contributed by atoms with van der Waals surface area (Å²) in [6, 6.07) is 7.58. The van der Waals surface area contributed by atoms with Crippen LogP contribution in [0.5, 0.6) is 5.75 Å². The van der Waals surface area contributed by atoms with Crippen LogP contribution in [0.4, 0.5) is 0 Å². The van der Waals surface area contributed by atoms with E-state index in [1.54, 1.807) is 6.20 Å². The van der Waals surface area contributed by atoms with Crippen LogP contribution in [0.15, 0.2) is 30.5 Å². The van der Waals surface area contributed by atoms with Crippen molar-refractivity contribution in [1.82, 2.24) is 15.0 Å². The van der Waals surface area contributed by atoms with Gasteiger partial charge < -0.3 is 10.1 Å². The maximum absolute atomic E-state index is 10.1. The minimum atomic E-state index is 0.245. The molecule has 90 valence electrons. The first-order chi connectivity index (χ1) is 8.65. The van der Waals surface area contributed by atoms with E-state index in [2.05, 4.69) is 60.1 Å². The van der Waals surface area contributed by atoms with Crippen molar-refractivity contribution in [3.05, 3.63) is 37.6 Å². The van der Waals surface area contributed by atoms with E-state index >= 15 is 0 Å². The second kappa shape index (κ2) is 4.65. The van der Waals surface area contributed by atoms with Crippen LogP contribution in [0, 0.1) is 7.14 Å². The van der Waals surface area contributed by atoms with Crippen molar-refractivity contribution in [2.24, 2.45) is 0 Å². The molecule has 2 heterocycles. The number of phenols is 1. The second-order valence-electron chi connectivity index (χ2n) is 3.74. The predicted octanol–water partition coefficient (Wildman–Crippen LogP) is 3.54. The minimum Gasteiger partial charge on any atom is -0.506 e. The number of halogens is 2. The molecule has 0 radical (unpaired) electrons. The summed E-state index contributed by atoms with van der Waals surface area (Å²) in [4.78, 5) is 11.7. The lowest BCUT2D eigenvalue weighted by Gasteiger charge is -2.04. The molecule has 18 heavy (non-hydrogen) atoms. The Bertz CT molecular complexity index is 706. The van der Waals surface area contributed by atoms with E-state index in [0.29, 0.717) is 17.0 Å². The summed E-state index contributed by atoms with van der Waals surface area (Å²) in [5.74, 6) is 0.882. The van der Waals surface area contributed by atoms with Crippen LogP contribution in [0.3, 0.4) is 0 Å². The summed E-state index contributed by atoms with van der Waals surface area (Å²) in [6.07, 6.45) is 1.70. The summed E-state index contributed by atoms with van der Waals surface area (Å²) < 4.78 is 1.86. The van der Waals surface area contributed by atoms with Crippen molar-refractivity contribution >= 4 is 56.3 Å². The smallest absolute Gasteiger partial charge is 0.178 e. The predicted molar refractivity (Wildman–Crippen MR) is 86.4 cm³/mol. The number of H-pyrrole nitrogens is 1. The fourth-order valence-electron chi connectivity index (χ4n) is 1.72. The molecule has 0 saturated heterocycles. The Kier molecular flexibility index (Phi) is 3.14. The Morgan fingerprint density at radius 3 is 2.83 bits per heavy atom. The van der Waals surface area contributed by atoms with Gasteiger partial charge in [0.2, 0.25) is 0 Å². The number of benzene rings is 1. The molecule has 0 aliphatic carbocycles. The van der Waals surface area contributed by atoms with Gasteiger partial charge in [-0.3, -0.25) is 0 Å². The van der Waals surface area contributed by atoms with Crippen LogP contribution in [0.2, 0.25) is 0 Å². The molecule has 3 aromatic rings. The molecule has 2 aromatic heterocycles. The van der Waals surface area contributed by atoms with Crippen molar-refractivity contribution in [1.29, 1.82) is 0 Å². The second-order valence-corrected chi connectivity index (χ2v) is 6.15. The van der Waals surface area contributed by atoms with Crippen molar-refractivity contribution in [2.45, 2.75) is 0 Å². The fourth-order valence-corrected chi connectivity index (χ4v) is 3.56. The van der Waals surface area contributed by atoms with Gasteiger partial charge in [-0.05, 0) is 69.4 Å². The highest BCUT2D eigenvalue weighted by molar-refractivity contribution is 14.1. The van der Waals surface area contributed by atoms with Crippen molar-refractivity contribution < 1.29 is 5.11 Å². The quantitative estimate of drug-likeness (QED) is 0.544. The number of nitrogens with zero attached hydrogens (tertiary/aromatic N) is 2. The van der Waals surface area contributed by atoms with E-state index in [4.69, 9.17) is 0 Å². The largest absolute Gasteiger partial charge is 0.506 e. The summed E-state index contributed by atoms with van der Waals surface area (Å²) in [5, 5.41) is 10.1. The molecule has 0 aliphatic rings. The topological polar surface area (TPSA) is 61.8 Å². The molecular weight excluding hydrogens is 456 g/mol. The van der Waals surface area contributed by atoms with Crippen LogP contribution in [0.1, 0.15) is 0 Å². The fraction of sp³-hybridized carbons (Fsp3) is 0. The number of aromatic hydroxyl groups is 1. The first kappa shape index (κ1) is 12.2. The number of hydrogen-bond donors (Lipinski definition) is 2. The van der Waals surface area contributed by atoms with Crippen LogP contribution in [-0.2, 0) is 0 Å². The molecule has 0 spiro atoms. The van der Waals surface area contributed by atoms with Crippen molar-refractivity contribution in [2.75, 3.05) is 0 Å². The van der Waals surface area contributed by atoms with E-state index in [1.807, 2.05) is 24.3 Å². The Labute approximate surface area is 130 Å². The van der Waals surface area contributed by atoms with Gasteiger partial charge in [-0.1, -0.05) is 0 Å². The molecule has 3 rings (SSSR count). The number of pyridine rings is 1. The number of phenolic OH excluding ortho intramolecular Hbond substituents is 1. The monoisotopic (exact) mass is 463 g/mol. The number of aromatic nitrogens is 3. The standard InChI is InChI=1S/C12H7I2N3O/c13-6-4-7(10(18)8(14)5-6)11-16-9-2-1-3-15-12(9)17-11/h1-5,18H,(H,15,16,17). The normalized spacial score (nSPS) is 11.0. The lowest BCUT2D eigenvalue weighted by atomic mass is 10.2. The Morgan fingerprint density at radius 1 is 1.22 bits per heavy atom. The van der Waals surface area contributed by atoms with Gasteiger partial charge in [0, 0.05) is 9.77 Å². The van der Waals surface area contributed by atoms with Crippen LogP contribution >= 0.6 is 45.2 Å². The van der Waals surface area contributed by atoms with E-state index in [0.717, 1.165) is 12.7 Å². The van der Waals surface area contributed by atoms with Crippen molar-refractivity contribution in [3.8, 4) is 17.1 Å². The first-order valence-electron chi connectivity index (χ1n) is 5.14. The first-order valence-corrected chi connectivity index (χ1v) is 7.30. The summed E-state index contributed by atoms with van der Waals surface area (Å²) >= 11 is 4.33. The average Bonchev–Trinajstić information content (AvgIpc) is 2.77. The van der Waals surface area contributed by atoms with Crippen molar-refractivity contribution in [3.63, 3.8) is 0 Å². The molecule has 0 saturated carbocycles. The lowest BCUT2D eigenvalue weighted by molar-refractivity contribution is 0.473. The molecule has 1 aromatic carbocycles. The maximum Gasteiger partial charge on any atom is 0.178 e. The molecule has 0 aliphatic heterocycles. The zero-order valence-corrected chi connectivity index (χ0v) is 13.3. The highest BCUT2D eigenvalue weighted by Gasteiger charge is 2.13. The zero-order valence-electron chi connectivity index (χ0n) is 8.98. The van der Waals surface area contributed by atoms with E-state index in [9.17, 15) is 5.11 Å². The van der Waals surface area contributed by atoms with Crippen LogP contribution < -0.4 is 0 Å². The number of aromatic amines is 1. The average molecular weight is 463 g/mol.